The molecule has 0 bridgehead atoms. The van der Waals surface area contributed by atoms with E-state index < -0.39 is 4.92 Å². The number of nitro benzene ring substituents is 1. The van der Waals surface area contributed by atoms with Crippen molar-refractivity contribution in [1.29, 1.82) is 0 Å². The maximum absolute atomic E-state index is 12.4. The number of benzene rings is 1. The third-order valence-electron chi connectivity index (χ3n) is 4.34. The molecule has 5 nitrogen and oxygen atoms in total. The maximum Gasteiger partial charge on any atom is 0.270 e. The Bertz CT molecular complexity index is 556. The van der Waals surface area contributed by atoms with Gasteiger partial charge in [-0.25, -0.2) is 0 Å². The summed E-state index contributed by atoms with van der Waals surface area (Å²) in [4.78, 5) is 24.4. The molecule has 1 saturated carbocycles. The number of carbonyl (C=O) groups is 1. The largest absolute Gasteiger partial charge is 0.342 e. The number of nitrogens with zero attached hydrogens (tertiary/aromatic N) is 2. The quantitative estimate of drug-likeness (QED) is 0.599. The van der Waals surface area contributed by atoms with Crippen LogP contribution in [0.15, 0.2) is 18.2 Å². The molecule has 0 heterocycles. The van der Waals surface area contributed by atoms with E-state index in [2.05, 4.69) is 0 Å². The van der Waals surface area contributed by atoms with E-state index in [-0.39, 0.29) is 22.2 Å². The van der Waals surface area contributed by atoms with E-state index in [1.54, 1.807) is 11.9 Å². The van der Waals surface area contributed by atoms with Crippen molar-refractivity contribution in [2.45, 2.75) is 38.5 Å². The third kappa shape index (κ3) is 4.19. The molecule has 1 aromatic carbocycles. The van der Waals surface area contributed by atoms with Gasteiger partial charge in [0.2, 0.25) is 0 Å². The van der Waals surface area contributed by atoms with Crippen molar-refractivity contribution in [1.82, 2.24) is 4.90 Å². The lowest BCUT2D eigenvalue weighted by atomic mass is 9.87. The van der Waals surface area contributed by atoms with E-state index in [0.717, 1.165) is 6.42 Å². The Morgan fingerprint density at radius 3 is 2.68 bits per heavy atom. The van der Waals surface area contributed by atoms with Crippen molar-refractivity contribution >= 4 is 23.2 Å². The first kappa shape index (κ1) is 16.7. The molecule has 1 aromatic rings. The molecular formula is C16H21ClN2O3. The molecule has 120 valence electrons. The average Bonchev–Trinajstić information content (AvgIpc) is 2.53. The molecule has 0 saturated heterocycles. The molecule has 2 rings (SSSR count). The van der Waals surface area contributed by atoms with Crippen LogP contribution in [-0.2, 0) is 0 Å². The number of nitro groups is 1. The zero-order valence-corrected chi connectivity index (χ0v) is 13.5. The minimum Gasteiger partial charge on any atom is -0.342 e. The van der Waals surface area contributed by atoms with E-state index in [0.29, 0.717) is 12.5 Å². The first-order valence-electron chi connectivity index (χ1n) is 7.68. The summed E-state index contributed by atoms with van der Waals surface area (Å²) in [5.41, 5.74) is 0.0791. The van der Waals surface area contributed by atoms with Crippen LogP contribution >= 0.6 is 11.6 Å². The van der Waals surface area contributed by atoms with Crippen LogP contribution in [0, 0.1) is 16.0 Å². The average molecular weight is 325 g/mol. The van der Waals surface area contributed by atoms with E-state index in [4.69, 9.17) is 11.6 Å². The normalized spacial score (nSPS) is 15.5. The summed E-state index contributed by atoms with van der Waals surface area (Å²) < 4.78 is 0. The van der Waals surface area contributed by atoms with Gasteiger partial charge in [0, 0.05) is 25.7 Å². The standard InChI is InChI=1S/C16H21ClN2O3/c1-18(10-9-12-5-3-2-4-6-12)16(20)14-11-13(19(21)22)7-8-15(14)17/h7-8,11-12H,2-6,9-10H2,1H3. The second kappa shape index (κ2) is 7.58. The van der Waals surface area contributed by atoms with Gasteiger partial charge in [-0.1, -0.05) is 43.7 Å². The van der Waals surface area contributed by atoms with Gasteiger partial charge >= 0.3 is 0 Å². The lowest BCUT2D eigenvalue weighted by Gasteiger charge is -2.24. The molecule has 0 aliphatic heterocycles. The lowest BCUT2D eigenvalue weighted by Crippen LogP contribution is -2.29. The lowest BCUT2D eigenvalue weighted by molar-refractivity contribution is -0.384. The predicted molar refractivity (Wildman–Crippen MR) is 86.3 cm³/mol. The Morgan fingerprint density at radius 2 is 2.05 bits per heavy atom. The van der Waals surface area contributed by atoms with Gasteiger partial charge in [0.25, 0.3) is 11.6 Å². The first-order valence-corrected chi connectivity index (χ1v) is 8.06. The van der Waals surface area contributed by atoms with Gasteiger partial charge in [-0.15, -0.1) is 0 Å². The van der Waals surface area contributed by atoms with Crippen molar-refractivity contribution in [2.75, 3.05) is 13.6 Å². The second-order valence-corrected chi connectivity index (χ2v) is 6.35. The van der Waals surface area contributed by atoms with Crippen LogP contribution in [0.5, 0.6) is 0 Å². The SMILES string of the molecule is CN(CCC1CCCCC1)C(=O)c1cc([N+](=O)[O-])ccc1Cl. The first-order chi connectivity index (χ1) is 10.5. The minimum absolute atomic E-state index is 0.117. The predicted octanol–water partition coefficient (Wildman–Crippen LogP) is 4.29. The molecule has 22 heavy (non-hydrogen) atoms. The zero-order valence-electron chi connectivity index (χ0n) is 12.8. The van der Waals surface area contributed by atoms with E-state index in [1.165, 1.54) is 50.3 Å². The molecule has 0 spiro atoms. The summed E-state index contributed by atoms with van der Waals surface area (Å²) in [6.45, 7) is 0.655. The van der Waals surface area contributed by atoms with Crippen LogP contribution < -0.4 is 0 Å². The van der Waals surface area contributed by atoms with Gasteiger partial charge in [0.15, 0.2) is 0 Å². The number of rotatable bonds is 5. The molecule has 1 fully saturated rings. The zero-order chi connectivity index (χ0) is 16.1. The van der Waals surface area contributed by atoms with E-state index in [1.807, 2.05) is 0 Å². The van der Waals surface area contributed by atoms with Crippen molar-refractivity contribution < 1.29 is 9.72 Å². The number of hydrogen-bond donors (Lipinski definition) is 0. The summed E-state index contributed by atoms with van der Waals surface area (Å²) in [6, 6.07) is 3.96. The minimum atomic E-state index is -0.519. The topological polar surface area (TPSA) is 63.5 Å². The number of carbonyl (C=O) groups excluding carboxylic acids is 1. The fourth-order valence-corrected chi connectivity index (χ4v) is 3.15. The van der Waals surface area contributed by atoms with Gasteiger partial charge in [-0.3, -0.25) is 14.9 Å². The molecule has 0 radical (unpaired) electrons. The Balaban J connectivity index is 2.00. The Hall–Kier alpha value is -1.62. The number of hydrogen-bond acceptors (Lipinski definition) is 3. The second-order valence-electron chi connectivity index (χ2n) is 5.94. The van der Waals surface area contributed by atoms with Crippen LogP contribution in [0.2, 0.25) is 5.02 Å². The van der Waals surface area contributed by atoms with Crippen LogP contribution in [0.25, 0.3) is 0 Å². The fourth-order valence-electron chi connectivity index (χ4n) is 2.95. The highest BCUT2D eigenvalue weighted by molar-refractivity contribution is 6.33. The fraction of sp³-hybridized carbons (Fsp3) is 0.562. The molecule has 0 atom stereocenters. The molecule has 1 aliphatic carbocycles. The summed E-state index contributed by atoms with van der Waals surface area (Å²) in [5, 5.41) is 11.1. The van der Waals surface area contributed by atoms with Crippen LogP contribution in [0.1, 0.15) is 48.9 Å². The Labute approximate surface area is 135 Å². The smallest absolute Gasteiger partial charge is 0.270 e. The monoisotopic (exact) mass is 324 g/mol. The van der Waals surface area contributed by atoms with Crippen molar-refractivity contribution in [3.8, 4) is 0 Å². The van der Waals surface area contributed by atoms with Gasteiger partial charge in [-0.05, 0) is 18.4 Å². The number of amides is 1. The summed E-state index contributed by atoms with van der Waals surface area (Å²) >= 11 is 6.02. The van der Waals surface area contributed by atoms with Gasteiger partial charge < -0.3 is 4.90 Å². The Kier molecular flexibility index (Phi) is 5.77. The van der Waals surface area contributed by atoms with Crippen molar-refractivity contribution in [3.63, 3.8) is 0 Å². The highest BCUT2D eigenvalue weighted by atomic mass is 35.5. The molecule has 0 unspecified atom stereocenters. The van der Waals surface area contributed by atoms with E-state index >= 15 is 0 Å². The van der Waals surface area contributed by atoms with E-state index in [9.17, 15) is 14.9 Å². The summed E-state index contributed by atoms with van der Waals surface area (Å²) in [6.07, 6.45) is 7.32. The van der Waals surface area contributed by atoms with Gasteiger partial charge in [-0.2, -0.15) is 0 Å². The van der Waals surface area contributed by atoms with Gasteiger partial charge in [0.05, 0.1) is 15.5 Å². The highest BCUT2D eigenvalue weighted by Gasteiger charge is 2.20. The number of non-ortho nitro benzene ring substituents is 1. The van der Waals surface area contributed by atoms with Crippen LogP contribution in [-0.4, -0.2) is 29.3 Å². The molecular weight excluding hydrogens is 304 g/mol. The highest BCUT2D eigenvalue weighted by Crippen LogP contribution is 2.27. The van der Waals surface area contributed by atoms with Gasteiger partial charge in [0.1, 0.15) is 0 Å². The van der Waals surface area contributed by atoms with Crippen molar-refractivity contribution in [3.05, 3.63) is 38.9 Å². The summed E-state index contributed by atoms with van der Waals surface area (Å²) in [7, 11) is 1.72. The molecule has 6 heteroatoms. The third-order valence-corrected chi connectivity index (χ3v) is 4.66. The number of halogens is 1. The Morgan fingerprint density at radius 1 is 1.36 bits per heavy atom. The van der Waals surface area contributed by atoms with Crippen LogP contribution in [0.4, 0.5) is 5.69 Å². The summed E-state index contributed by atoms with van der Waals surface area (Å²) in [5.74, 6) is 0.425. The molecule has 1 aliphatic rings. The molecule has 0 aromatic heterocycles. The van der Waals surface area contributed by atoms with Crippen molar-refractivity contribution in [2.24, 2.45) is 5.92 Å². The van der Waals surface area contributed by atoms with Crippen LogP contribution in [0.3, 0.4) is 0 Å². The molecule has 1 amide bonds. The maximum atomic E-state index is 12.4. The molecule has 0 N–H and O–H groups in total.